The van der Waals surface area contributed by atoms with E-state index in [4.69, 9.17) is 11.6 Å². The SMILES string of the molecule is OC(Cc1cc(F)ccc1Cl)c1ccnnc1. The Hall–Kier alpha value is -1.52. The normalized spacial score (nSPS) is 12.4. The highest BCUT2D eigenvalue weighted by molar-refractivity contribution is 6.31. The molecular weight excluding hydrogens is 243 g/mol. The Morgan fingerprint density at radius 3 is 2.82 bits per heavy atom. The van der Waals surface area contributed by atoms with Crippen LogP contribution in [0.15, 0.2) is 36.7 Å². The van der Waals surface area contributed by atoms with Gasteiger partial charge in [0, 0.05) is 23.2 Å². The Morgan fingerprint density at radius 2 is 2.12 bits per heavy atom. The van der Waals surface area contributed by atoms with Gasteiger partial charge in [0.2, 0.25) is 0 Å². The molecule has 1 unspecified atom stereocenters. The average Bonchev–Trinajstić information content (AvgIpc) is 2.35. The van der Waals surface area contributed by atoms with Crippen LogP contribution in [-0.2, 0) is 6.42 Å². The summed E-state index contributed by atoms with van der Waals surface area (Å²) >= 11 is 5.92. The lowest BCUT2D eigenvalue weighted by atomic mass is 10.0. The highest BCUT2D eigenvalue weighted by Gasteiger charge is 2.11. The van der Waals surface area contributed by atoms with Crippen molar-refractivity contribution < 1.29 is 9.50 Å². The first-order valence-electron chi connectivity index (χ1n) is 5.05. The van der Waals surface area contributed by atoms with Gasteiger partial charge in [-0.25, -0.2) is 4.39 Å². The van der Waals surface area contributed by atoms with Crippen molar-refractivity contribution in [3.05, 3.63) is 58.6 Å². The van der Waals surface area contributed by atoms with E-state index in [-0.39, 0.29) is 12.2 Å². The van der Waals surface area contributed by atoms with Crippen LogP contribution in [-0.4, -0.2) is 15.3 Å². The first-order valence-corrected chi connectivity index (χ1v) is 5.43. The van der Waals surface area contributed by atoms with E-state index in [1.54, 1.807) is 6.07 Å². The molecule has 0 radical (unpaired) electrons. The molecule has 0 aliphatic rings. The lowest BCUT2D eigenvalue weighted by Crippen LogP contribution is -2.03. The van der Waals surface area contributed by atoms with Gasteiger partial charge in [0.25, 0.3) is 0 Å². The van der Waals surface area contributed by atoms with E-state index in [0.717, 1.165) is 0 Å². The number of hydrogen-bond donors (Lipinski definition) is 1. The molecule has 1 heterocycles. The highest BCUT2D eigenvalue weighted by Crippen LogP contribution is 2.23. The number of nitrogens with zero attached hydrogens (tertiary/aromatic N) is 2. The van der Waals surface area contributed by atoms with Gasteiger partial charge < -0.3 is 5.11 Å². The van der Waals surface area contributed by atoms with Crippen LogP contribution in [0.1, 0.15) is 17.2 Å². The molecule has 0 fully saturated rings. The molecule has 2 rings (SSSR count). The summed E-state index contributed by atoms with van der Waals surface area (Å²) in [7, 11) is 0. The average molecular weight is 253 g/mol. The summed E-state index contributed by atoms with van der Waals surface area (Å²) in [5.41, 5.74) is 1.19. The smallest absolute Gasteiger partial charge is 0.123 e. The summed E-state index contributed by atoms with van der Waals surface area (Å²) in [4.78, 5) is 0. The lowest BCUT2D eigenvalue weighted by molar-refractivity contribution is 0.177. The quantitative estimate of drug-likeness (QED) is 0.913. The van der Waals surface area contributed by atoms with Crippen LogP contribution in [0.2, 0.25) is 5.02 Å². The maximum atomic E-state index is 13.0. The first-order chi connectivity index (χ1) is 8.16. The van der Waals surface area contributed by atoms with Crippen molar-refractivity contribution in [2.45, 2.75) is 12.5 Å². The van der Waals surface area contributed by atoms with Gasteiger partial charge in [0.15, 0.2) is 0 Å². The fourth-order valence-electron chi connectivity index (χ4n) is 1.52. The zero-order valence-corrected chi connectivity index (χ0v) is 9.60. The predicted octanol–water partition coefficient (Wildman–Crippen LogP) is 2.55. The second-order valence-corrected chi connectivity index (χ2v) is 4.04. The second kappa shape index (κ2) is 5.21. The van der Waals surface area contributed by atoms with Crippen LogP contribution < -0.4 is 0 Å². The van der Waals surface area contributed by atoms with Crippen molar-refractivity contribution in [1.82, 2.24) is 10.2 Å². The summed E-state index contributed by atoms with van der Waals surface area (Å²) in [5, 5.41) is 17.7. The van der Waals surface area contributed by atoms with Crippen molar-refractivity contribution >= 4 is 11.6 Å². The number of hydrogen-bond acceptors (Lipinski definition) is 3. The molecule has 2 aromatic rings. The molecule has 5 heteroatoms. The molecule has 1 aromatic carbocycles. The van der Waals surface area contributed by atoms with E-state index in [1.807, 2.05) is 0 Å². The molecule has 0 amide bonds. The largest absolute Gasteiger partial charge is 0.388 e. The molecule has 0 saturated heterocycles. The molecular formula is C12H10ClFN2O. The van der Waals surface area contributed by atoms with E-state index >= 15 is 0 Å². The van der Waals surface area contributed by atoms with E-state index in [2.05, 4.69) is 10.2 Å². The zero-order chi connectivity index (χ0) is 12.3. The summed E-state index contributed by atoms with van der Waals surface area (Å²) in [6.07, 6.45) is 2.43. The van der Waals surface area contributed by atoms with Crippen molar-refractivity contribution in [3.63, 3.8) is 0 Å². The highest BCUT2D eigenvalue weighted by atomic mass is 35.5. The maximum Gasteiger partial charge on any atom is 0.123 e. The fraction of sp³-hybridized carbons (Fsp3) is 0.167. The number of aliphatic hydroxyl groups excluding tert-OH is 1. The van der Waals surface area contributed by atoms with Crippen LogP contribution in [0.25, 0.3) is 0 Å². The zero-order valence-electron chi connectivity index (χ0n) is 8.85. The van der Waals surface area contributed by atoms with Gasteiger partial charge in [-0.05, 0) is 29.8 Å². The Balaban J connectivity index is 2.18. The molecule has 0 bridgehead atoms. The van der Waals surface area contributed by atoms with Gasteiger partial charge in [-0.1, -0.05) is 11.6 Å². The van der Waals surface area contributed by atoms with E-state index in [0.29, 0.717) is 16.1 Å². The monoisotopic (exact) mass is 252 g/mol. The van der Waals surface area contributed by atoms with Gasteiger partial charge in [-0.3, -0.25) is 0 Å². The summed E-state index contributed by atoms with van der Waals surface area (Å²) < 4.78 is 13.0. The Morgan fingerprint density at radius 1 is 1.29 bits per heavy atom. The molecule has 3 nitrogen and oxygen atoms in total. The first kappa shape index (κ1) is 12.0. The molecule has 0 aliphatic heterocycles. The molecule has 0 saturated carbocycles. The minimum absolute atomic E-state index is 0.238. The van der Waals surface area contributed by atoms with Crippen LogP contribution in [0.4, 0.5) is 4.39 Å². The van der Waals surface area contributed by atoms with Crippen LogP contribution in [0, 0.1) is 5.82 Å². The molecule has 1 N–H and O–H groups in total. The van der Waals surface area contributed by atoms with Crippen molar-refractivity contribution in [2.24, 2.45) is 0 Å². The number of aliphatic hydroxyl groups is 1. The van der Waals surface area contributed by atoms with Crippen molar-refractivity contribution in [2.75, 3.05) is 0 Å². The van der Waals surface area contributed by atoms with E-state index < -0.39 is 6.10 Å². The molecule has 0 spiro atoms. The molecule has 0 aliphatic carbocycles. The molecule has 1 atom stereocenters. The molecule has 17 heavy (non-hydrogen) atoms. The van der Waals surface area contributed by atoms with Gasteiger partial charge in [0.05, 0.1) is 12.3 Å². The van der Waals surface area contributed by atoms with Crippen LogP contribution in [0.3, 0.4) is 0 Å². The molecule has 1 aromatic heterocycles. The third-order valence-electron chi connectivity index (χ3n) is 2.41. The number of rotatable bonds is 3. The Labute approximate surface area is 103 Å². The van der Waals surface area contributed by atoms with Crippen LogP contribution >= 0.6 is 11.6 Å². The van der Waals surface area contributed by atoms with Gasteiger partial charge in [-0.2, -0.15) is 10.2 Å². The van der Waals surface area contributed by atoms with E-state index in [1.165, 1.54) is 30.6 Å². The van der Waals surface area contributed by atoms with Crippen LogP contribution in [0.5, 0.6) is 0 Å². The van der Waals surface area contributed by atoms with Crippen molar-refractivity contribution in [3.8, 4) is 0 Å². The number of benzene rings is 1. The number of aromatic nitrogens is 2. The summed E-state index contributed by atoms with van der Waals surface area (Å²) in [6, 6.07) is 5.74. The fourth-order valence-corrected chi connectivity index (χ4v) is 1.72. The van der Waals surface area contributed by atoms with Gasteiger partial charge >= 0.3 is 0 Å². The third kappa shape index (κ3) is 2.99. The minimum atomic E-state index is -0.773. The standard InChI is InChI=1S/C12H10ClFN2O/c13-11-2-1-10(14)5-9(11)6-12(17)8-3-4-15-16-7-8/h1-5,7,12,17H,6H2. The minimum Gasteiger partial charge on any atom is -0.388 e. The van der Waals surface area contributed by atoms with Gasteiger partial charge in [-0.15, -0.1) is 0 Å². The molecule has 88 valence electrons. The van der Waals surface area contributed by atoms with Gasteiger partial charge in [0.1, 0.15) is 5.82 Å². The predicted molar refractivity (Wildman–Crippen MR) is 62.1 cm³/mol. The second-order valence-electron chi connectivity index (χ2n) is 3.63. The van der Waals surface area contributed by atoms with Crippen molar-refractivity contribution in [1.29, 1.82) is 0 Å². The Kier molecular flexibility index (Phi) is 3.66. The Bertz CT molecular complexity index is 507. The topological polar surface area (TPSA) is 46.0 Å². The third-order valence-corrected chi connectivity index (χ3v) is 2.78. The lowest BCUT2D eigenvalue weighted by Gasteiger charge is -2.11. The summed E-state index contributed by atoms with van der Waals surface area (Å²) in [5.74, 6) is -0.371. The van der Waals surface area contributed by atoms with E-state index in [9.17, 15) is 9.50 Å². The maximum absolute atomic E-state index is 13.0. The number of halogens is 2. The summed E-state index contributed by atoms with van der Waals surface area (Å²) in [6.45, 7) is 0.